The van der Waals surface area contributed by atoms with Crippen molar-refractivity contribution in [2.24, 2.45) is 0 Å². The number of hydrogen-bond donors (Lipinski definition) is 1. The SMILES string of the molecule is CCOC(=O)[C@H](CCc1ccccc1)N[C@H]1CSc2ccccc2N(CC(=O)OCc2ccccc2)C1=O.Cl. The second-order valence-corrected chi connectivity index (χ2v) is 9.96. The number of halogens is 1. The lowest BCUT2D eigenvalue weighted by Crippen LogP contribution is -2.54. The molecule has 0 fully saturated rings. The first-order valence-corrected chi connectivity index (χ1v) is 13.7. The van der Waals surface area contributed by atoms with Gasteiger partial charge in [0.15, 0.2) is 0 Å². The van der Waals surface area contributed by atoms with Crippen LogP contribution in [0.4, 0.5) is 5.69 Å². The van der Waals surface area contributed by atoms with Crippen LogP contribution < -0.4 is 10.2 Å². The average molecular weight is 569 g/mol. The summed E-state index contributed by atoms with van der Waals surface area (Å²) in [7, 11) is 0. The zero-order valence-electron chi connectivity index (χ0n) is 21.8. The van der Waals surface area contributed by atoms with Gasteiger partial charge in [-0.2, -0.15) is 0 Å². The number of carbonyl (C=O) groups excluding carboxylic acids is 3. The zero-order chi connectivity index (χ0) is 26.7. The number of benzene rings is 3. The molecule has 0 aromatic heterocycles. The summed E-state index contributed by atoms with van der Waals surface area (Å²) in [5.41, 5.74) is 2.62. The third-order valence-electron chi connectivity index (χ3n) is 6.19. The van der Waals surface area contributed by atoms with Gasteiger partial charge in [0.1, 0.15) is 19.2 Å². The summed E-state index contributed by atoms with van der Waals surface area (Å²) in [6, 6.07) is 25.4. The molecule has 9 heteroatoms. The van der Waals surface area contributed by atoms with Gasteiger partial charge in [0.25, 0.3) is 0 Å². The predicted molar refractivity (Wildman–Crippen MR) is 155 cm³/mol. The van der Waals surface area contributed by atoms with Gasteiger partial charge in [0.05, 0.1) is 18.3 Å². The van der Waals surface area contributed by atoms with Crippen molar-refractivity contribution >= 4 is 47.7 Å². The molecule has 0 aliphatic carbocycles. The van der Waals surface area contributed by atoms with E-state index in [2.05, 4.69) is 5.32 Å². The maximum Gasteiger partial charge on any atom is 0.326 e. The Morgan fingerprint density at radius 1 is 0.949 bits per heavy atom. The number of anilines is 1. The second kappa shape index (κ2) is 15.3. The van der Waals surface area contributed by atoms with Gasteiger partial charge in [-0.15, -0.1) is 24.2 Å². The highest BCUT2D eigenvalue weighted by Gasteiger charge is 2.35. The maximum absolute atomic E-state index is 13.8. The van der Waals surface area contributed by atoms with Crippen LogP contribution in [0, 0.1) is 0 Å². The highest BCUT2D eigenvalue weighted by molar-refractivity contribution is 7.99. The van der Waals surface area contributed by atoms with Gasteiger partial charge in [-0.3, -0.25) is 24.6 Å². The van der Waals surface area contributed by atoms with Crippen molar-refractivity contribution in [1.29, 1.82) is 0 Å². The van der Waals surface area contributed by atoms with Crippen molar-refractivity contribution < 1.29 is 23.9 Å². The predicted octanol–water partition coefficient (Wildman–Crippen LogP) is 4.81. The normalized spacial score (nSPS) is 15.4. The van der Waals surface area contributed by atoms with Gasteiger partial charge >= 0.3 is 11.9 Å². The highest BCUT2D eigenvalue weighted by atomic mass is 35.5. The Hall–Kier alpha value is -3.33. The van der Waals surface area contributed by atoms with E-state index in [4.69, 9.17) is 9.47 Å². The molecule has 0 bridgehead atoms. The Bertz CT molecular complexity index is 1230. The molecule has 2 atom stereocenters. The van der Waals surface area contributed by atoms with Crippen LogP contribution in [0.15, 0.2) is 89.8 Å². The van der Waals surface area contributed by atoms with Crippen LogP contribution in [-0.2, 0) is 36.9 Å². The molecule has 1 amide bonds. The van der Waals surface area contributed by atoms with Gasteiger partial charge in [0, 0.05) is 10.6 Å². The Kier molecular flexibility index (Phi) is 11.9. The summed E-state index contributed by atoms with van der Waals surface area (Å²) in [5, 5.41) is 3.26. The molecule has 4 rings (SSSR count). The standard InChI is InChI=1S/C30H32N2O5S.ClH/c1-2-36-30(35)24(18-17-22-11-5-3-6-12-22)31-25-21-38-27-16-10-9-15-26(27)32(29(25)34)19-28(33)37-20-23-13-7-4-8-14-23;/h3-16,24-25,31H,2,17-21H2,1H3;1H/t24-,25-;/m0./s1. The smallest absolute Gasteiger partial charge is 0.326 e. The molecule has 0 unspecified atom stereocenters. The number of hydrogen-bond acceptors (Lipinski definition) is 7. The quantitative estimate of drug-likeness (QED) is 0.332. The van der Waals surface area contributed by atoms with Crippen LogP contribution in [0.2, 0.25) is 0 Å². The zero-order valence-corrected chi connectivity index (χ0v) is 23.4. The van der Waals surface area contributed by atoms with E-state index in [0.29, 0.717) is 24.3 Å². The summed E-state index contributed by atoms with van der Waals surface area (Å²) in [6.45, 7) is 1.92. The fourth-order valence-electron chi connectivity index (χ4n) is 4.26. The van der Waals surface area contributed by atoms with Crippen molar-refractivity contribution in [3.63, 3.8) is 0 Å². The molecule has 3 aromatic carbocycles. The summed E-state index contributed by atoms with van der Waals surface area (Å²) in [4.78, 5) is 41.8. The summed E-state index contributed by atoms with van der Waals surface area (Å²) in [5.74, 6) is -0.772. The Morgan fingerprint density at radius 2 is 1.59 bits per heavy atom. The molecule has 39 heavy (non-hydrogen) atoms. The van der Waals surface area contributed by atoms with Gasteiger partial charge < -0.3 is 9.47 Å². The third kappa shape index (κ3) is 8.58. The van der Waals surface area contributed by atoms with Gasteiger partial charge in [0.2, 0.25) is 5.91 Å². The van der Waals surface area contributed by atoms with Crippen molar-refractivity contribution in [3.05, 3.63) is 96.1 Å². The number of ether oxygens (including phenoxy) is 2. The fourth-order valence-corrected chi connectivity index (χ4v) is 5.35. The van der Waals surface area contributed by atoms with E-state index in [1.165, 1.54) is 16.7 Å². The van der Waals surface area contributed by atoms with Crippen LogP contribution >= 0.6 is 24.2 Å². The number of para-hydroxylation sites is 1. The number of fused-ring (bicyclic) bond motifs is 1. The first-order valence-electron chi connectivity index (χ1n) is 12.7. The summed E-state index contributed by atoms with van der Waals surface area (Å²) >= 11 is 1.51. The maximum atomic E-state index is 13.8. The molecule has 1 aliphatic rings. The Labute approximate surface area is 239 Å². The molecule has 1 heterocycles. The van der Waals surface area contributed by atoms with Crippen LogP contribution in [0.5, 0.6) is 0 Å². The van der Waals surface area contributed by atoms with Gasteiger partial charge in [-0.1, -0.05) is 72.8 Å². The molecular formula is C30H33ClN2O5S. The van der Waals surface area contributed by atoms with E-state index in [-0.39, 0.29) is 38.1 Å². The topological polar surface area (TPSA) is 84.9 Å². The van der Waals surface area contributed by atoms with Crippen LogP contribution in [0.1, 0.15) is 24.5 Å². The monoisotopic (exact) mass is 568 g/mol. The number of thioether (sulfide) groups is 1. The van der Waals surface area contributed by atoms with E-state index in [0.717, 1.165) is 16.0 Å². The van der Waals surface area contributed by atoms with Gasteiger partial charge in [-0.25, -0.2) is 0 Å². The number of esters is 2. The number of aryl methyl sites for hydroxylation is 1. The molecular weight excluding hydrogens is 536 g/mol. The number of carbonyl (C=O) groups is 3. The molecule has 206 valence electrons. The van der Waals surface area contributed by atoms with Crippen molar-refractivity contribution in [1.82, 2.24) is 5.32 Å². The highest BCUT2D eigenvalue weighted by Crippen LogP contribution is 2.34. The summed E-state index contributed by atoms with van der Waals surface area (Å²) < 4.78 is 10.8. The molecule has 7 nitrogen and oxygen atoms in total. The molecule has 1 aliphatic heterocycles. The Balaban J connectivity index is 0.00000420. The minimum atomic E-state index is -0.695. The van der Waals surface area contributed by atoms with E-state index < -0.39 is 24.0 Å². The largest absolute Gasteiger partial charge is 0.465 e. The van der Waals surface area contributed by atoms with Crippen LogP contribution in [0.3, 0.4) is 0 Å². The van der Waals surface area contributed by atoms with Crippen LogP contribution in [-0.4, -0.2) is 48.8 Å². The average Bonchev–Trinajstić information content (AvgIpc) is 3.07. The molecule has 0 saturated carbocycles. The van der Waals surface area contributed by atoms with Crippen molar-refractivity contribution in [2.45, 2.75) is 43.4 Å². The second-order valence-electron chi connectivity index (χ2n) is 8.90. The minimum Gasteiger partial charge on any atom is -0.465 e. The number of nitrogens with zero attached hydrogens (tertiary/aromatic N) is 1. The summed E-state index contributed by atoms with van der Waals surface area (Å²) in [6.07, 6.45) is 1.13. The minimum absolute atomic E-state index is 0. The lowest BCUT2D eigenvalue weighted by Gasteiger charge is -2.27. The van der Waals surface area contributed by atoms with Crippen molar-refractivity contribution in [3.8, 4) is 0 Å². The molecule has 0 spiro atoms. The third-order valence-corrected chi connectivity index (χ3v) is 7.35. The number of amides is 1. The first kappa shape index (κ1) is 30.2. The Morgan fingerprint density at radius 3 is 2.28 bits per heavy atom. The molecule has 3 aromatic rings. The lowest BCUT2D eigenvalue weighted by atomic mass is 10.0. The fraction of sp³-hybridized carbons (Fsp3) is 0.300. The molecule has 0 radical (unpaired) electrons. The van der Waals surface area contributed by atoms with Crippen LogP contribution in [0.25, 0.3) is 0 Å². The number of nitrogens with one attached hydrogen (secondary N) is 1. The van der Waals surface area contributed by atoms with E-state index >= 15 is 0 Å². The molecule has 0 saturated heterocycles. The molecule has 1 N–H and O–H groups in total. The van der Waals surface area contributed by atoms with E-state index in [1.807, 2.05) is 84.9 Å². The first-order chi connectivity index (χ1) is 18.5. The lowest BCUT2D eigenvalue weighted by molar-refractivity contribution is -0.147. The van der Waals surface area contributed by atoms with E-state index in [1.54, 1.807) is 6.92 Å². The van der Waals surface area contributed by atoms with E-state index in [9.17, 15) is 14.4 Å². The van der Waals surface area contributed by atoms with Crippen molar-refractivity contribution in [2.75, 3.05) is 23.8 Å². The van der Waals surface area contributed by atoms with Gasteiger partial charge in [-0.05, 0) is 43.0 Å². The number of rotatable bonds is 11.